The van der Waals surface area contributed by atoms with E-state index in [-0.39, 0.29) is 37.9 Å². The second-order valence-electron chi connectivity index (χ2n) is 23.4. The molecule has 0 aliphatic heterocycles. The summed E-state index contributed by atoms with van der Waals surface area (Å²) in [5.41, 5.74) is 0. The Morgan fingerprint density at radius 1 is 0.456 bits per heavy atom. The molecule has 0 radical (unpaired) electrons. The molecule has 0 aliphatic rings. The number of carbonyl (C=O) groups is 2. The van der Waals surface area contributed by atoms with Crippen molar-refractivity contribution in [1.29, 1.82) is 0 Å². The number of nitrogens with one attached hydrogen (secondary N) is 1. The van der Waals surface area contributed by atoms with Crippen LogP contribution in [0.5, 0.6) is 0 Å². The van der Waals surface area contributed by atoms with Crippen LogP contribution in [0, 0.1) is 0 Å². The second kappa shape index (κ2) is 58.4. The summed E-state index contributed by atoms with van der Waals surface area (Å²) in [5.74, 6) is -0.551. The van der Waals surface area contributed by atoms with Gasteiger partial charge in [-0.25, -0.2) is 4.57 Å². The van der Waals surface area contributed by atoms with Crippen molar-refractivity contribution in [3.8, 4) is 0 Å². The summed E-state index contributed by atoms with van der Waals surface area (Å²) in [6, 6.07) is -0.874. The zero-order valence-corrected chi connectivity index (χ0v) is 53.2. The number of unbranched alkanes of at least 4 members (excludes halogenated alkanes) is 36. The molecule has 0 aromatic carbocycles. The van der Waals surface area contributed by atoms with Crippen molar-refractivity contribution >= 4 is 19.7 Å². The molecule has 0 fully saturated rings. The molecule has 0 saturated heterocycles. The monoisotopic (exact) mass is 1130 g/mol. The number of phosphoric ester groups is 1. The highest BCUT2D eigenvalue weighted by Crippen LogP contribution is 2.43. The van der Waals surface area contributed by atoms with Gasteiger partial charge in [0.2, 0.25) is 5.91 Å². The van der Waals surface area contributed by atoms with Gasteiger partial charge >= 0.3 is 13.8 Å². The topological polar surface area (TPSA) is 111 Å². The fourth-order valence-corrected chi connectivity index (χ4v) is 10.2. The molecule has 10 heteroatoms. The first-order chi connectivity index (χ1) is 38.4. The first kappa shape index (κ1) is 76.2. The number of ether oxygens (including phenoxy) is 1. The molecule has 0 heterocycles. The van der Waals surface area contributed by atoms with Crippen molar-refractivity contribution in [2.45, 2.75) is 303 Å². The third-order valence-electron chi connectivity index (χ3n) is 14.5. The number of hydrogen-bond donors (Lipinski definition) is 2. The van der Waals surface area contributed by atoms with E-state index in [1.807, 2.05) is 94.1 Å². The molecule has 0 aromatic heterocycles. The Bertz CT molecular complexity index is 1630. The Hall–Kier alpha value is -2.81. The van der Waals surface area contributed by atoms with Gasteiger partial charge in [0.15, 0.2) is 0 Å². The van der Waals surface area contributed by atoms with Gasteiger partial charge in [-0.15, -0.1) is 0 Å². The van der Waals surface area contributed by atoms with E-state index in [1.54, 1.807) is 0 Å². The maximum absolute atomic E-state index is 13.5. The van der Waals surface area contributed by atoms with Gasteiger partial charge in [-0.05, 0) is 51.0 Å². The third-order valence-corrected chi connectivity index (χ3v) is 15.5. The molecule has 0 bridgehead atoms. The maximum Gasteiger partial charge on any atom is 0.472 e. The molecule has 3 unspecified atom stereocenters. The minimum atomic E-state index is -4.46. The number of phosphoric acid groups is 1. The largest absolute Gasteiger partial charge is 0.472 e. The third kappa shape index (κ3) is 59.6. The predicted molar refractivity (Wildman–Crippen MR) is 341 cm³/mol. The van der Waals surface area contributed by atoms with Gasteiger partial charge < -0.3 is 19.4 Å². The molecule has 0 rings (SSSR count). The Kier molecular flexibility index (Phi) is 56.3. The number of likely N-dealkylation sites (N-methyl/N-ethyl adjacent to an activating group) is 1. The lowest BCUT2D eigenvalue weighted by Crippen LogP contribution is -2.47. The molecular formula is C69H126N2O7P+. The summed E-state index contributed by atoms with van der Waals surface area (Å²) in [7, 11) is 1.46. The quantitative estimate of drug-likeness (QED) is 0.0156. The van der Waals surface area contributed by atoms with E-state index in [2.05, 4.69) is 38.2 Å². The number of hydrogen-bond acceptors (Lipinski definition) is 6. The highest BCUT2D eigenvalue weighted by atomic mass is 31.2. The van der Waals surface area contributed by atoms with Gasteiger partial charge in [-0.3, -0.25) is 18.6 Å². The zero-order valence-electron chi connectivity index (χ0n) is 52.3. The van der Waals surface area contributed by atoms with E-state index in [0.29, 0.717) is 17.4 Å². The lowest BCUT2D eigenvalue weighted by atomic mass is 10.0. The van der Waals surface area contributed by atoms with E-state index in [9.17, 15) is 19.0 Å². The van der Waals surface area contributed by atoms with Crippen molar-refractivity contribution in [2.24, 2.45) is 0 Å². The zero-order chi connectivity index (χ0) is 57.9. The average molecular weight is 1130 g/mol. The van der Waals surface area contributed by atoms with Gasteiger partial charge in [0, 0.05) is 12.8 Å². The number of carbonyl (C=O) groups excluding carboxylic acids is 2. The van der Waals surface area contributed by atoms with Crippen LogP contribution < -0.4 is 5.32 Å². The van der Waals surface area contributed by atoms with E-state index in [0.717, 1.165) is 64.2 Å². The first-order valence-electron chi connectivity index (χ1n) is 33.0. The molecule has 1 amide bonds. The highest BCUT2D eigenvalue weighted by Gasteiger charge is 2.30. The summed E-state index contributed by atoms with van der Waals surface area (Å²) in [4.78, 5) is 37.7. The molecule has 0 spiro atoms. The molecule has 79 heavy (non-hydrogen) atoms. The minimum absolute atomic E-state index is 0.0285. The summed E-state index contributed by atoms with van der Waals surface area (Å²) >= 11 is 0. The van der Waals surface area contributed by atoms with Crippen LogP contribution in [0.15, 0.2) is 85.1 Å². The summed E-state index contributed by atoms with van der Waals surface area (Å²) in [6.45, 7) is 6.85. The number of amides is 1. The van der Waals surface area contributed by atoms with Crippen molar-refractivity contribution < 1.29 is 37.3 Å². The number of nitrogens with zero attached hydrogens (tertiary/aromatic N) is 1. The van der Waals surface area contributed by atoms with Gasteiger partial charge in [0.1, 0.15) is 19.3 Å². The highest BCUT2D eigenvalue weighted by molar-refractivity contribution is 7.47. The minimum Gasteiger partial charge on any atom is -0.456 e. The summed E-state index contributed by atoms with van der Waals surface area (Å²) < 4.78 is 30.7. The van der Waals surface area contributed by atoms with Gasteiger partial charge in [0.25, 0.3) is 0 Å². The van der Waals surface area contributed by atoms with Crippen molar-refractivity contribution in [3.63, 3.8) is 0 Å². The second-order valence-corrected chi connectivity index (χ2v) is 24.9. The average Bonchev–Trinajstić information content (AvgIpc) is 3.41. The van der Waals surface area contributed by atoms with Crippen molar-refractivity contribution in [2.75, 3.05) is 40.9 Å². The summed E-state index contributed by atoms with van der Waals surface area (Å²) in [5, 5.41) is 3.03. The summed E-state index contributed by atoms with van der Waals surface area (Å²) in [6.07, 6.45) is 77.5. The SMILES string of the molecule is CC\C=C/C=C/C=C/C=C\C=C\C=C\CCCCCC(=O)NC(COP(=O)(O)OCC[N+](C)(C)C)C(/C=C\CCCCCCCCCCC)OC(=O)CCCCCCCCCCCCCCCCCCCCCCCCCCC. The van der Waals surface area contributed by atoms with Crippen LogP contribution in [0.3, 0.4) is 0 Å². The first-order valence-corrected chi connectivity index (χ1v) is 34.5. The van der Waals surface area contributed by atoms with E-state index < -0.39 is 20.0 Å². The molecule has 458 valence electrons. The fourth-order valence-electron chi connectivity index (χ4n) is 9.44. The molecule has 3 atom stereocenters. The molecule has 2 N–H and O–H groups in total. The molecule has 9 nitrogen and oxygen atoms in total. The van der Waals surface area contributed by atoms with E-state index in [1.165, 1.54) is 186 Å². The lowest BCUT2D eigenvalue weighted by Gasteiger charge is -2.27. The van der Waals surface area contributed by atoms with Crippen LogP contribution in [-0.4, -0.2) is 74.3 Å². The fraction of sp³-hybridized carbons (Fsp3) is 0.768. The lowest BCUT2D eigenvalue weighted by molar-refractivity contribution is -0.870. The Balaban J connectivity index is 5.11. The van der Waals surface area contributed by atoms with Crippen LogP contribution >= 0.6 is 7.82 Å². The van der Waals surface area contributed by atoms with Crippen molar-refractivity contribution in [1.82, 2.24) is 5.32 Å². The standard InChI is InChI=1S/C69H125N2O7P/c1-7-10-13-16-19-22-25-27-29-31-32-33-34-35-36-37-38-40-42-44-47-50-53-56-59-62-69(73)78-67(60-57-54-51-48-45-24-21-18-15-12-9-3)66(65-77-79(74,75)76-64-63-71(4,5)6)70-68(72)61-58-55-52-49-46-43-41-39-30-28-26-23-20-17-14-11-8-2/h11,14,17,20,23,26,28,30,39,41,43,46,57,60,66-67H,7-10,12-13,15-16,18-19,21-22,24-25,27,29,31-38,40,42,44-45,47-56,58-59,61-65H2,1-6H3,(H-,70,72,74,75)/p+1/b14-11-,20-17+,26-23+,30-28-,41-39+,46-43+,60-57-. The molecule has 0 aliphatic carbocycles. The Labute approximate surface area is 488 Å². The van der Waals surface area contributed by atoms with Gasteiger partial charge in [-0.1, -0.05) is 312 Å². The normalized spacial score (nSPS) is 14.2. The Morgan fingerprint density at radius 3 is 1.23 bits per heavy atom. The van der Waals surface area contributed by atoms with Gasteiger partial charge in [-0.2, -0.15) is 0 Å². The van der Waals surface area contributed by atoms with Gasteiger partial charge in [0.05, 0.1) is 33.8 Å². The van der Waals surface area contributed by atoms with Crippen LogP contribution in [-0.2, 0) is 27.9 Å². The van der Waals surface area contributed by atoms with Crippen LogP contribution in [0.1, 0.15) is 290 Å². The smallest absolute Gasteiger partial charge is 0.456 e. The van der Waals surface area contributed by atoms with Crippen LogP contribution in [0.2, 0.25) is 0 Å². The number of rotatable bonds is 59. The molecule has 0 saturated carbocycles. The van der Waals surface area contributed by atoms with Crippen LogP contribution in [0.25, 0.3) is 0 Å². The van der Waals surface area contributed by atoms with Crippen molar-refractivity contribution in [3.05, 3.63) is 85.1 Å². The number of esters is 1. The number of quaternary nitrogens is 1. The number of allylic oxidation sites excluding steroid dienone is 13. The predicted octanol–water partition coefficient (Wildman–Crippen LogP) is 20.6. The van der Waals surface area contributed by atoms with E-state index in [4.69, 9.17) is 13.8 Å². The van der Waals surface area contributed by atoms with Crippen LogP contribution in [0.4, 0.5) is 0 Å². The van der Waals surface area contributed by atoms with E-state index >= 15 is 0 Å². The molecule has 0 aromatic rings. The molecular weight excluding hydrogens is 1000 g/mol. The Morgan fingerprint density at radius 2 is 0.810 bits per heavy atom. The maximum atomic E-state index is 13.5.